The molecule has 2 atom stereocenters. The monoisotopic (exact) mass is 267 g/mol. The normalized spacial score (nSPS) is 14.2. The van der Waals surface area contributed by atoms with E-state index in [1.54, 1.807) is 6.07 Å². The Morgan fingerprint density at radius 1 is 1.26 bits per heavy atom. The SMILES string of the molecule is CCCCCC(C)NC(C)c1ccc(F)c(OC)c1. The van der Waals surface area contributed by atoms with Crippen LogP contribution >= 0.6 is 0 Å². The quantitative estimate of drug-likeness (QED) is 0.702. The molecule has 1 N–H and O–H groups in total. The molecule has 0 amide bonds. The third-order valence-corrected chi connectivity index (χ3v) is 3.45. The largest absolute Gasteiger partial charge is 0.494 e. The van der Waals surface area contributed by atoms with Crippen LogP contribution in [0.1, 0.15) is 58.1 Å². The molecular formula is C16H26FNO. The van der Waals surface area contributed by atoms with Gasteiger partial charge in [0.1, 0.15) is 0 Å². The highest BCUT2D eigenvalue weighted by atomic mass is 19.1. The van der Waals surface area contributed by atoms with Gasteiger partial charge < -0.3 is 10.1 Å². The molecule has 0 spiro atoms. The average molecular weight is 267 g/mol. The van der Waals surface area contributed by atoms with Gasteiger partial charge in [0, 0.05) is 12.1 Å². The molecule has 1 aromatic carbocycles. The lowest BCUT2D eigenvalue weighted by Crippen LogP contribution is -2.28. The maximum atomic E-state index is 13.4. The standard InChI is InChI=1S/C16H26FNO/c1-5-6-7-8-12(2)18-13(3)14-9-10-15(17)16(11-14)19-4/h9-13,18H,5-8H2,1-4H3. The molecule has 2 nitrogen and oxygen atoms in total. The van der Waals surface area contributed by atoms with Crippen LogP contribution in [0.5, 0.6) is 5.75 Å². The number of rotatable bonds is 8. The smallest absolute Gasteiger partial charge is 0.165 e. The van der Waals surface area contributed by atoms with E-state index in [2.05, 4.69) is 26.1 Å². The Labute approximate surface area is 116 Å². The first-order chi connectivity index (χ1) is 9.08. The molecular weight excluding hydrogens is 241 g/mol. The summed E-state index contributed by atoms with van der Waals surface area (Å²) in [5.74, 6) is -0.000713. The second-order valence-corrected chi connectivity index (χ2v) is 5.18. The van der Waals surface area contributed by atoms with Crippen molar-refractivity contribution in [3.63, 3.8) is 0 Å². The van der Waals surface area contributed by atoms with Gasteiger partial charge in [0.05, 0.1) is 7.11 Å². The number of hydrogen-bond acceptors (Lipinski definition) is 2. The van der Waals surface area contributed by atoms with Crippen LogP contribution in [0.25, 0.3) is 0 Å². The summed E-state index contributed by atoms with van der Waals surface area (Å²) in [6.45, 7) is 6.52. The van der Waals surface area contributed by atoms with Gasteiger partial charge in [-0.2, -0.15) is 0 Å². The molecule has 0 aliphatic rings. The zero-order chi connectivity index (χ0) is 14.3. The third-order valence-electron chi connectivity index (χ3n) is 3.45. The molecule has 108 valence electrons. The highest BCUT2D eigenvalue weighted by Gasteiger charge is 2.12. The first-order valence-corrected chi connectivity index (χ1v) is 7.18. The fourth-order valence-electron chi connectivity index (χ4n) is 2.25. The predicted octanol–water partition coefficient (Wildman–Crippen LogP) is 4.45. The minimum atomic E-state index is -0.311. The van der Waals surface area contributed by atoms with Crippen molar-refractivity contribution < 1.29 is 9.13 Å². The summed E-state index contributed by atoms with van der Waals surface area (Å²) in [6, 6.07) is 5.72. The van der Waals surface area contributed by atoms with Crippen LogP contribution in [0.3, 0.4) is 0 Å². The molecule has 1 aromatic rings. The van der Waals surface area contributed by atoms with Gasteiger partial charge in [0.25, 0.3) is 0 Å². The van der Waals surface area contributed by atoms with Crippen LogP contribution in [0.2, 0.25) is 0 Å². The highest BCUT2D eigenvalue weighted by Crippen LogP contribution is 2.23. The first-order valence-electron chi connectivity index (χ1n) is 7.18. The lowest BCUT2D eigenvalue weighted by molar-refractivity contribution is 0.383. The van der Waals surface area contributed by atoms with E-state index in [0.717, 1.165) is 5.56 Å². The number of benzene rings is 1. The van der Waals surface area contributed by atoms with Crippen LogP contribution < -0.4 is 10.1 Å². The summed E-state index contributed by atoms with van der Waals surface area (Å²) in [5, 5.41) is 3.55. The summed E-state index contributed by atoms with van der Waals surface area (Å²) >= 11 is 0. The van der Waals surface area contributed by atoms with Crippen LogP contribution in [-0.4, -0.2) is 13.2 Å². The van der Waals surface area contributed by atoms with E-state index in [1.165, 1.54) is 38.9 Å². The molecule has 0 heterocycles. The molecule has 0 aliphatic carbocycles. The second kappa shape index (κ2) is 8.16. The molecule has 0 radical (unpaired) electrons. The van der Waals surface area contributed by atoms with Crippen LogP contribution in [-0.2, 0) is 0 Å². The van der Waals surface area contributed by atoms with E-state index in [1.807, 2.05) is 6.07 Å². The Balaban J connectivity index is 2.55. The van der Waals surface area contributed by atoms with Crippen molar-refractivity contribution >= 4 is 0 Å². The molecule has 0 saturated carbocycles. The van der Waals surface area contributed by atoms with Gasteiger partial charge in [-0.3, -0.25) is 0 Å². The summed E-state index contributed by atoms with van der Waals surface area (Å²) in [6.07, 6.45) is 4.96. The van der Waals surface area contributed by atoms with E-state index in [9.17, 15) is 4.39 Å². The van der Waals surface area contributed by atoms with Gasteiger partial charge in [0.15, 0.2) is 11.6 Å². The molecule has 3 heteroatoms. The third kappa shape index (κ3) is 5.19. The molecule has 0 fully saturated rings. The number of unbranched alkanes of at least 4 members (excludes halogenated alkanes) is 2. The highest BCUT2D eigenvalue weighted by molar-refractivity contribution is 5.31. The predicted molar refractivity (Wildman–Crippen MR) is 78.1 cm³/mol. The van der Waals surface area contributed by atoms with Gasteiger partial charge >= 0.3 is 0 Å². The Bertz CT molecular complexity index is 381. The van der Waals surface area contributed by atoms with Crippen LogP contribution in [0.15, 0.2) is 18.2 Å². The number of methoxy groups -OCH3 is 1. The minimum Gasteiger partial charge on any atom is -0.494 e. The number of halogens is 1. The van der Waals surface area contributed by atoms with Crippen molar-refractivity contribution in [1.82, 2.24) is 5.32 Å². The van der Waals surface area contributed by atoms with Gasteiger partial charge in [-0.05, 0) is 38.0 Å². The molecule has 0 saturated heterocycles. The maximum absolute atomic E-state index is 13.4. The minimum absolute atomic E-state index is 0.200. The van der Waals surface area contributed by atoms with Crippen molar-refractivity contribution in [2.75, 3.05) is 7.11 Å². The number of nitrogens with one attached hydrogen (secondary N) is 1. The summed E-state index contributed by atoms with van der Waals surface area (Å²) in [4.78, 5) is 0. The maximum Gasteiger partial charge on any atom is 0.165 e. The molecule has 2 unspecified atom stereocenters. The Hall–Kier alpha value is -1.09. The molecule has 0 bridgehead atoms. The van der Waals surface area contributed by atoms with E-state index in [4.69, 9.17) is 4.74 Å². The second-order valence-electron chi connectivity index (χ2n) is 5.18. The van der Waals surface area contributed by atoms with Gasteiger partial charge in [0.2, 0.25) is 0 Å². The average Bonchev–Trinajstić information content (AvgIpc) is 2.39. The van der Waals surface area contributed by atoms with Gasteiger partial charge in [-0.25, -0.2) is 4.39 Å². The fraction of sp³-hybridized carbons (Fsp3) is 0.625. The number of ether oxygens (including phenoxy) is 1. The topological polar surface area (TPSA) is 21.3 Å². The Morgan fingerprint density at radius 2 is 2.00 bits per heavy atom. The van der Waals surface area contributed by atoms with Gasteiger partial charge in [-0.1, -0.05) is 32.3 Å². The van der Waals surface area contributed by atoms with Gasteiger partial charge in [-0.15, -0.1) is 0 Å². The Kier molecular flexibility index (Phi) is 6.85. The summed E-state index contributed by atoms with van der Waals surface area (Å²) in [5.41, 5.74) is 1.06. The molecule has 0 aromatic heterocycles. The lowest BCUT2D eigenvalue weighted by atomic mass is 10.0. The van der Waals surface area contributed by atoms with E-state index < -0.39 is 0 Å². The van der Waals surface area contributed by atoms with Crippen molar-refractivity contribution in [2.45, 2.75) is 58.5 Å². The first kappa shape index (κ1) is 16.0. The van der Waals surface area contributed by atoms with E-state index in [-0.39, 0.29) is 11.9 Å². The summed E-state index contributed by atoms with van der Waals surface area (Å²) in [7, 11) is 1.49. The molecule has 19 heavy (non-hydrogen) atoms. The summed E-state index contributed by atoms with van der Waals surface area (Å²) < 4.78 is 18.4. The van der Waals surface area contributed by atoms with Crippen molar-refractivity contribution in [3.8, 4) is 5.75 Å². The Morgan fingerprint density at radius 3 is 2.63 bits per heavy atom. The zero-order valence-electron chi connectivity index (χ0n) is 12.5. The van der Waals surface area contributed by atoms with E-state index in [0.29, 0.717) is 11.8 Å². The van der Waals surface area contributed by atoms with Crippen LogP contribution in [0.4, 0.5) is 4.39 Å². The lowest BCUT2D eigenvalue weighted by Gasteiger charge is -2.21. The van der Waals surface area contributed by atoms with Crippen molar-refractivity contribution in [2.24, 2.45) is 0 Å². The van der Waals surface area contributed by atoms with E-state index >= 15 is 0 Å². The van der Waals surface area contributed by atoms with Crippen LogP contribution in [0, 0.1) is 5.82 Å². The van der Waals surface area contributed by atoms with Crippen molar-refractivity contribution in [1.29, 1.82) is 0 Å². The fourth-order valence-corrected chi connectivity index (χ4v) is 2.25. The number of hydrogen-bond donors (Lipinski definition) is 1. The molecule has 1 rings (SSSR count). The zero-order valence-corrected chi connectivity index (χ0v) is 12.5. The van der Waals surface area contributed by atoms with Crippen molar-refractivity contribution in [3.05, 3.63) is 29.6 Å². The molecule has 0 aliphatic heterocycles.